The van der Waals surface area contributed by atoms with Crippen LogP contribution in [0.15, 0.2) is 0 Å². The van der Waals surface area contributed by atoms with E-state index >= 15 is 0 Å². The van der Waals surface area contributed by atoms with Gasteiger partial charge < -0.3 is 0 Å². The number of Topliss-reactive ketones (excluding diaryl/α,β-unsaturated/α-hetero) is 1. The van der Waals surface area contributed by atoms with Crippen molar-refractivity contribution in [2.45, 2.75) is 33.1 Å². The molecule has 2 atom stereocenters. The average molecular weight is 186 g/mol. The van der Waals surface area contributed by atoms with Crippen molar-refractivity contribution in [1.29, 1.82) is 0 Å². The molecular formula is C10H18OS. The first-order valence-electron chi connectivity index (χ1n) is 4.84. The number of carbonyl (C=O) groups is 1. The molecule has 1 saturated heterocycles. The predicted molar refractivity (Wildman–Crippen MR) is 54.5 cm³/mol. The second-order valence-electron chi connectivity index (χ2n) is 3.74. The molecule has 0 amide bonds. The Morgan fingerprint density at radius 2 is 2.42 bits per heavy atom. The van der Waals surface area contributed by atoms with Gasteiger partial charge in [-0.05, 0) is 18.1 Å². The van der Waals surface area contributed by atoms with Crippen molar-refractivity contribution in [3.8, 4) is 0 Å². The highest BCUT2D eigenvalue weighted by molar-refractivity contribution is 7.99. The van der Waals surface area contributed by atoms with Gasteiger partial charge in [0.15, 0.2) is 0 Å². The van der Waals surface area contributed by atoms with E-state index in [1.165, 1.54) is 5.75 Å². The van der Waals surface area contributed by atoms with Crippen LogP contribution in [0.25, 0.3) is 0 Å². The van der Waals surface area contributed by atoms with Gasteiger partial charge in [0.05, 0.1) is 0 Å². The quantitative estimate of drug-likeness (QED) is 0.671. The Balaban J connectivity index is 2.27. The zero-order chi connectivity index (χ0) is 8.97. The minimum atomic E-state index is 0.393. The van der Waals surface area contributed by atoms with Crippen molar-refractivity contribution in [2.75, 3.05) is 11.5 Å². The fourth-order valence-corrected chi connectivity index (χ4v) is 2.70. The van der Waals surface area contributed by atoms with Gasteiger partial charge in [0.2, 0.25) is 0 Å². The molecule has 1 nitrogen and oxygen atoms in total. The minimum absolute atomic E-state index is 0.393. The van der Waals surface area contributed by atoms with Crippen LogP contribution in [-0.2, 0) is 4.79 Å². The van der Waals surface area contributed by atoms with Crippen molar-refractivity contribution in [3.63, 3.8) is 0 Å². The normalized spacial score (nSPS) is 25.7. The SMILES string of the molecule is CCC(C)CC(=O)C1CCSC1. The van der Waals surface area contributed by atoms with Crippen LogP contribution in [0.5, 0.6) is 0 Å². The highest BCUT2D eigenvalue weighted by Gasteiger charge is 2.23. The molecule has 1 heterocycles. The average Bonchev–Trinajstić information content (AvgIpc) is 2.56. The maximum Gasteiger partial charge on any atom is 0.137 e. The molecule has 1 aliphatic heterocycles. The summed E-state index contributed by atoms with van der Waals surface area (Å²) in [5.41, 5.74) is 0. The molecule has 0 spiro atoms. The molecule has 0 aromatic heterocycles. The molecule has 0 bridgehead atoms. The highest BCUT2D eigenvalue weighted by Crippen LogP contribution is 2.26. The van der Waals surface area contributed by atoms with Crippen LogP contribution in [0.4, 0.5) is 0 Å². The standard InChI is InChI=1S/C10H18OS/c1-3-8(2)6-10(11)9-4-5-12-7-9/h8-9H,3-7H2,1-2H3. The molecule has 2 heteroatoms. The van der Waals surface area contributed by atoms with Crippen molar-refractivity contribution in [1.82, 2.24) is 0 Å². The van der Waals surface area contributed by atoms with Crippen molar-refractivity contribution in [3.05, 3.63) is 0 Å². The monoisotopic (exact) mass is 186 g/mol. The summed E-state index contributed by atoms with van der Waals surface area (Å²) < 4.78 is 0. The number of hydrogen-bond acceptors (Lipinski definition) is 2. The number of carbonyl (C=O) groups excluding carboxylic acids is 1. The topological polar surface area (TPSA) is 17.1 Å². The van der Waals surface area contributed by atoms with Gasteiger partial charge in [-0.25, -0.2) is 0 Å². The Hall–Kier alpha value is 0.0200. The van der Waals surface area contributed by atoms with E-state index in [9.17, 15) is 4.79 Å². The lowest BCUT2D eigenvalue weighted by Gasteiger charge is -2.10. The summed E-state index contributed by atoms with van der Waals surface area (Å²) in [6.45, 7) is 4.32. The fraction of sp³-hybridized carbons (Fsp3) is 0.900. The molecule has 0 N–H and O–H groups in total. The molecule has 1 aliphatic rings. The summed E-state index contributed by atoms with van der Waals surface area (Å²) in [5, 5.41) is 0. The zero-order valence-electron chi connectivity index (χ0n) is 8.01. The smallest absolute Gasteiger partial charge is 0.137 e. The first kappa shape index (κ1) is 10.1. The van der Waals surface area contributed by atoms with Crippen LogP contribution in [0, 0.1) is 11.8 Å². The van der Waals surface area contributed by atoms with E-state index in [0.29, 0.717) is 17.6 Å². The van der Waals surface area contributed by atoms with Crippen molar-refractivity contribution < 1.29 is 4.79 Å². The lowest BCUT2D eigenvalue weighted by Crippen LogP contribution is -2.16. The molecule has 0 saturated carbocycles. The van der Waals surface area contributed by atoms with Crippen LogP contribution < -0.4 is 0 Å². The van der Waals surface area contributed by atoms with E-state index in [1.807, 2.05) is 11.8 Å². The molecule has 0 aromatic carbocycles. The Morgan fingerprint density at radius 3 is 2.92 bits per heavy atom. The Labute approximate surface area is 79.3 Å². The fourth-order valence-electron chi connectivity index (χ4n) is 1.44. The molecular weight excluding hydrogens is 168 g/mol. The summed E-state index contributed by atoms with van der Waals surface area (Å²) in [6, 6.07) is 0. The maximum atomic E-state index is 11.6. The van der Waals surface area contributed by atoms with E-state index in [1.54, 1.807) is 0 Å². The molecule has 1 fully saturated rings. The molecule has 2 unspecified atom stereocenters. The van der Waals surface area contributed by atoms with Crippen LogP contribution in [-0.4, -0.2) is 17.3 Å². The summed E-state index contributed by atoms with van der Waals surface area (Å²) in [6.07, 6.45) is 3.06. The van der Waals surface area contributed by atoms with Crippen molar-refractivity contribution >= 4 is 17.5 Å². The lowest BCUT2D eigenvalue weighted by molar-refractivity contribution is -0.122. The molecule has 12 heavy (non-hydrogen) atoms. The number of thioether (sulfide) groups is 1. The maximum absolute atomic E-state index is 11.6. The van der Waals surface area contributed by atoms with Crippen molar-refractivity contribution in [2.24, 2.45) is 11.8 Å². The molecule has 0 radical (unpaired) electrons. The van der Waals surface area contributed by atoms with E-state index in [2.05, 4.69) is 13.8 Å². The largest absolute Gasteiger partial charge is 0.299 e. The molecule has 0 aliphatic carbocycles. The van der Waals surface area contributed by atoms with Gasteiger partial charge in [0.1, 0.15) is 5.78 Å². The third-order valence-electron chi connectivity index (χ3n) is 2.63. The summed E-state index contributed by atoms with van der Waals surface area (Å²) in [4.78, 5) is 11.6. The van der Waals surface area contributed by atoms with Gasteiger partial charge >= 0.3 is 0 Å². The van der Waals surface area contributed by atoms with Gasteiger partial charge in [-0.2, -0.15) is 11.8 Å². The Morgan fingerprint density at radius 1 is 1.67 bits per heavy atom. The van der Waals surface area contributed by atoms with Gasteiger partial charge in [0, 0.05) is 18.1 Å². The summed E-state index contributed by atoms with van der Waals surface area (Å²) in [7, 11) is 0. The van der Waals surface area contributed by atoms with Gasteiger partial charge in [-0.15, -0.1) is 0 Å². The van der Waals surface area contributed by atoms with Crippen LogP contribution in [0.3, 0.4) is 0 Å². The highest BCUT2D eigenvalue weighted by atomic mass is 32.2. The van der Waals surface area contributed by atoms with Gasteiger partial charge in [-0.1, -0.05) is 20.3 Å². The minimum Gasteiger partial charge on any atom is -0.299 e. The predicted octanol–water partition coefficient (Wildman–Crippen LogP) is 2.74. The van der Waals surface area contributed by atoms with E-state index < -0.39 is 0 Å². The molecule has 1 rings (SSSR count). The van der Waals surface area contributed by atoms with Gasteiger partial charge in [0.25, 0.3) is 0 Å². The van der Waals surface area contributed by atoms with E-state index in [0.717, 1.165) is 25.0 Å². The summed E-state index contributed by atoms with van der Waals surface area (Å²) in [5.74, 6) is 3.76. The summed E-state index contributed by atoms with van der Waals surface area (Å²) >= 11 is 1.92. The van der Waals surface area contributed by atoms with E-state index in [-0.39, 0.29) is 0 Å². The van der Waals surface area contributed by atoms with Crippen LogP contribution in [0.2, 0.25) is 0 Å². The Bertz CT molecular complexity index is 150. The third kappa shape index (κ3) is 2.81. The number of hydrogen-bond donors (Lipinski definition) is 0. The first-order valence-corrected chi connectivity index (χ1v) is 6.00. The second-order valence-corrected chi connectivity index (χ2v) is 4.89. The van der Waals surface area contributed by atoms with Crippen LogP contribution in [0.1, 0.15) is 33.1 Å². The zero-order valence-corrected chi connectivity index (χ0v) is 8.82. The number of rotatable bonds is 4. The van der Waals surface area contributed by atoms with E-state index in [4.69, 9.17) is 0 Å². The molecule has 70 valence electrons. The lowest BCUT2D eigenvalue weighted by atomic mass is 9.94. The Kier molecular flexibility index (Phi) is 4.13. The second kappa shape index (κ2) is 4.90. The first-order chi connectivity index (χ1) is 5.74. The van der Waals surface area contributed by atoms with Crippen LogP contribution >= 0.6 is 11.8 Å². The van der Waals surface area contributed by atoms with Gasteiger partial charge in [-0.3, -0.25) is 4.79 Å². The number of ketones is 1. The molecule has 0 aromatic rings. The third-order valence-corrected chi connectivity index (χ3v) is 3.79.